The summed E-state index contributed by atoms with van der Waals surface area (Å²) in [6, 6.07) is 8.74. The smallest absolute Gasteiger partial charge is 0.239 e. The fourth-order valence-electron chi connectivity index (χ4n) is 1.46. The molecule has 6 heteroatoms. The quantitative estimate of drug-likeness (QED) is 0.851. The van der Waals surface area contributed by atoms with Gasteiger partial charge in [0.25, 0.3) is 0 Å². The van der Waals surface area contributed by atoms with Crippen molar-refractivity contribution in [1.82, 2.24) is 4.98 Å². The summed E-state index contributed by atoms with van der Waals surface area (Å²) in [6.07, 6.45) is 0.603. The van der Waals surface area contributed by atoms with Gasteiger partial charge in [-0.25, -0.2) is 0 Å². The zero-order chi connectivity index (χ0) is 13.8. The third kappa shape index (κ3) is 3.74. The lowest BCUT2D eigenvalue weighted by molar-refractivity contribution is 0.299. The SMILES string of the molecule is OCCc1ccc(Oc2nc(Cl)c(Cl)cc2Cl)cc1. The summed E-state index contributed by atoms with van der Waals surface area (Å²) in [5, 5.41) is 9.53. The van der Waals surface area contributed by atoms with Gasteiger partial charge in [-0.3, -0.25) is 0 Å². The predicted molar refractivity (Wildman–Crippen MR) is 76.6 cm³/mol. The molecule has 0 saturated heterocycles. The molecule has 1 aromatic carbocycles. The van der Waals surface area contributed by atoms with Gasteiger partial charge in [0, 0.05) is 6.61 Å². The van der Waals surface area contributed by atoms with E-state index >= 15 is 0 Å². The molecule has 0 aliphatic heterocycles. The number of aliphatic hydroxyl groups is 1. The molecule has 0 saturated carbocycles. The van der Waals surface area contributed by atoms with Crippen molar-refractivity contribution in [3.8, 4) is 11.6 Å². The normalized spacial score (nSPS) is 10.5. The minimum absolute atomic E-state index is 0.111. The molecule has 1 heterocycles. The minimum Gasteiger partial charge on any atom is -0.437 e. The van der Waals surface area contributed by atoms with E-state index in [9.17, 15) is 0 Å². The van der Waals surface area contributed by atoms with Crippen LogP contribution in [-0.2, 0) is 6.42 Å². The molecule has 0 unspecified atom stereocenters. The van der Waals surface area contributed by atoms with Crippen LogP contribution in [0.5, 0.6) is 11.6 Å². The number of nitrogens with zero attached hydrogens (tertiary/aromatic N) is 1. The molecule has 0 aliphatic rings. The number of aliphatic hydroxyl groups excluding tert-OH is 1. The first-order valence-corrected chi connectivity index (χ1v) is 6.62. The van der Waals surface area contributed by atoms with Gasteiger partial charge >= 0.3 is 0 Å². The summed E-state index contributed by atoms with van der Waals surface area (Å²) >= 11 is 17.6. The van der Waals surface area contributed by atoms with Gasteiger partial charge in [-0.2, -0.15) is 4.98 Å². The maximum absolute atomic E-state index is 8.83. The van der Waals surface area contributed by atoms with Crippen LogP contribution in [0.25, 0.3) is 0 Å². The molecule has 2 aromatic rings. The van der Waals surface area contributed by atoms with Gasteiger partial charge in [-0.05, 0) is 30.2 Å². The van der Waals surface area contributed by atoms with Gasteiger partial charge in [0.15, 0.2) is 5.15 Å². The van der Waals surface area contributed by atoms with Crippen LogP contribution in [0.3, 0.4) is 0 Å². The van der Waals surface area contributed by atoms with Crippen molar-refractivity contribution in [2.45, 2.75) is 6.42 Å². The summed E-state index contributed by atoms with van der Waals surface area (Å²) < 4.78 is 5.53. The van der Waals surface area contributed by atoms with Crippen LogP contribution in [0.15, 0.2) is 30.3 Å². The van der Waals surface area contributed by atoms with E-state index < -0.39 is 0 Å². The lowest BCUT2D eigenvalue weighted by atomic mass is 10.1. The first-order valence-electron chi connectivity index (χ1n) is 5.49. The number of hydrogen-bond donors (Lipinski definition) is 1. The number of ether oxygens (including phenoxy) is 1. The summed E-state index contributed by atoms with van der Waals surface area (Å²) in [4.78, 5) is 3.97. The molecular formula is C13H10Cl3NO2. The maximum Gasteiger partial charge on any atom is 0.239 e. The number of hydrogen-bond acceptors (Lipinski definition) is 3. The Morgan fingerprint density at radius 3 is 2.37 bits per heavy atom. The largest absolute Gasteiger partial charge is 0.437 e. The van der Waals surface area contributed by atoms with Crippen molar-refractivity contribution in [3.05, 3.63) is 51.1 Å². The average molecular weight is 319 g/mol. The van der Waals surface area contributed by atoms with Gasteiger partial charge < -0.3 is 9.84 Å². The molecule has 0 bridgehead atoms. The molecule has 0 fully saturated rings. The summed E-state index contributed by atoms with van der Waals surface area (Å²) in [6.45, 7) is 0.111. The Balaban J connectivity index is 2.19. The van der Waals surface area contributed by atoms with Crippen LogP contribution in [0.4, 0.5) is 0 Å². The lowest BCUT2D eigenvalue weighted by Crippen LogP contribution is -1.92. The highest BCUT2D eigenvalue weighted by molar-refractivity contribution is 6.42. The third-order valence-electron chi connectivity index (χ3n) is 2.39. The van der Waals surface area contributed by atoms with Gasteiger partial charge in [-0.1, -0.05) is 46.9 Å². The molecule has 100 valence electrons. The first-order chi connectivity index (χ1) is 9.10. The van der Waals surface area contributed by atoms with E-state index in [4.69, 9.17) is 44.6 Å². The monoisotopic (exact) mass is 317 g/mol. The first kappa shape index (κ1) is 14.4. The molecular weight excluding hydrogens is 309 g/mol. The second-order valence-corrected chi connectivity index (χ2v) is 4.94. The minimum atomic E-state index is 0.111. The van der Waals surface area contributed by atoms with Crippen molar-refractivity contribution in [3.63, 3.8) is 0 Å². The Morgan fingerprint density at radius 1 is 1.05 bits per heavy atom. The van der Waals surface area contributed by atoms with Crippen LogP contribution < -0.4 is 4.74 Å². The molecule has 1 N–H and O–H groups in total. The highest BCUT2D eigenvalue weighted by atomic mass is 35.5. The Kier molecular flexibility index (Phi) is 4.88. The molecule has 0 aliphatic carbocycles. The fraction of sp³-hybridized carbons (Fsp3) is 0.154. The number of aromatic nitrogens is 1. The van der Waals surface area contributed by atoms with E-state index in [2.05, 4.69) is 4.98 Å². The van der Waals surface area contributed by atoms with Gasteiger partial charge in [-0.15, -0.1) is 0 Å². The van der Waals surface area contributed by atoms with Crippen molar-refractivity contribution >= 4 is 34.8 Å². The maximum atomic E-state index is 8.83. The summed E-state index contributed by atoms with van der Waals surface area (Å²) in [5.41, 5.74) is 1.02. The van der Waals surface area contributed by atoms with Crippen molar-refractivity contribution in [2.24, 2.45) is 0 Å². The van der Waals surface area contributed by atoms with Crippen molar-refractivity contribution in [2.75, 3.05) is 6.61 Å². The highest BCUT2D eigenvalue weighted by Gasteiger charge is 2.10. The highest BCUT2D eigenvalue weighted by Crippen LogP contribution is 2.33. The molecule has 0 atom stereocenters. The fourth-order valence-corrected chi connectivity index (χ4v) is 1.99. The second-order valence-electron chi connectivity index (χ2n) is 3.77. The molecule has 1 aromatic heterocycles. The molecule has 0 amide bonds. The van der Waals surface area contributed by atoms with Crippen LogP contribution >= 0.6 is 34.8 Å². The van der Waals surface area contributed by atoms with E-state index in [1.165, 1.54) is 6.07 Å². The van der Waals surface area contributed by atoms with Crippen LogP contribution in [-0.4, -0.2) is 16.7 Å². The van der Waals surface area contributed by atoms with E-state index in [0.717, 1.165) is 5.56 Å². The molecule has 0 spiro atoms. The van der Waals surface area contributed by atoms with Gasteiger partial charge in [0.1, 0.15) is 10.8 Å². The Hall–Kier alpha value is -1.00. The lowest BCUT2D eigenvalue weighted by Gasteiger charge is -2.08. The molecule has 19 heavy (non-hydrogen) atoms. The summed E-state index contributed by atoms with van der Waals surface area (Å²) in [7, 11) is 0. The van der Waals surface area contributed by atoms with Crippen LogP contribution in [0, 0.1) is 0 Å². The topological polar surface area (TPSA) is 42.4 Å². The Labute approximate surface area is 125 Å². The third-order valence-corrected chi connectivity index (χ3v) is 3.34. The summed E-state index contributed by atoms with van der Waals surface area (Å²) in [5.74, 6) is 0.778. The molecule has 0 radical (unpaired) electrons. The van der Waals surface area contributed by atoms with Crippen LogP contribution in [0.2, 0.25) is 15.2 Å². The standard InChI is InChI=1S/C13H10Cl3NO2/c14-10-7-11(15)13(17-12(10)16)19-9-3-1-8(2-4-9)5-6-18/h1-4,7,18H,5-6H2. The Bertz CT molecular complexity index is 573. The molecule has 3 nitrogen and oxygen atoms in total. The van der Waals surface area contributed by atoms with Crippen molar-refractivity contribution < 1.29 is 9.84 Å². The predicted octanol–water partition coefficient (Wildman–Crippen LogP) is 4.37. The zero-order valence-corrected chi connectivity index (χ0v) is 12.0. The second kappa shape index (κ2) is 6.44. The van der Waals surface area contributed by atoms with Crippen LogP contribution in [0.1, 0.15) is 5.56 Å². The van der Waals surface area contributed by atoms with E-state index in [1.54, 1.807) is 12.1 Å². The van der Waals surface area contributed by atoms with E-state index in [1.807, 2.05) is 12.1 Å². The number of benzene rings is 1. The van der Waals surface area contributed by atoms with E-state index in [0.29, 0.717) is 12.2 Å². The molecule has 2 rings (SSSR count). The Morgan fingerprint density at radius 2 is 1.74 bits per heavy atom. The average Bonchev–Trinajstić information content (AvgIpc) is 2.38. The number of pyridine rings is 1. The zero-order valence-electron chi connectivity index (χ0n) is 9.74. The van der Waals surface area contributed by atoms with Gasteiger partial charge in [0.05, 0.1) is 5.02 Å². The number of halogens is 3. The van der Waals surface area contributed by atoms with Gasteiger partial charge in [0.2, 0.25) is 5.88 Å². The number of rotatable bonds is 4. The van der Waals surface area contributed by atoms with Crippen molar-refractivity contribution in [1.29, 1.82) is 0 Å². The van der Waals surface area contributed by atoms with E-state index in [-0.39, 0.29) is 27.7 Å².